The zero-order valence-corrected chi connectivity index (χ0v) is 12.8. The highest BCUT2D eigenvalue weighted by atomic mass is 35.6. The molecule has 0 aromatic rings. The van der Waals surface area contributed by atoms with Gasteiger partial charge < -0.3 is 14.2 Å². The van der Waals surface area contributed by atoms with E-state index < -0.39 is 14.1 Å². The molecule has 0 spiro atoms. The molecule has 0 N–H and O–H groups in total. The first kappa shape index (κ1) is 18.0. The third-order valence-electron chi connectivity index (χ3n) is 1.23. The Hall–Kier alpha value is 0.970. The van der Waals surface area contributed by atoms with Crippen molar-refractivity contribution in [2.24, 2.45) is 0 Å². The summed E-state index contributed by atoms with van der Waals surface area (Å²) in [4.78, 5) is 10.5. The van der Waals surface area contributed by atoms with E-state index in [4.69, 9.17) is 74.3 Å². The van der Waals surface area contributed by atoms with Gasteiger partial charge in [0, 0.05) is 13.2 Å². The minimum atomic E-state index is -2.24. The van der Waals surface area contributed by atoms with Crippen LogP contribution in [0.15, 0.2) is 0 Å². The maximum Gasteiger partial charge on any atom is 0.515 e. The van der Waals surface area contributed by atoms with Crippen LogP contribution in [0, 0.1) is 0 Å². The van der Waals surface area contributed by atoms with E-state index in [2.05, 4.69) is 9.47 Å². The van der Waals surface area contributed by atoms with Gasteiger partial charge in [-0.3, -0.25) is 0 Å². The van der Waals surface area contributed by atoms with Gasteiger partial charge >= 0.3 is 14.1 Å². The number of alkyl halides is 6. The largest absolute Gasteiger partial charge is 0.515 e. The summed E-state index contributed by atoms with van der Waals surface area (Å²) in [5, 5.41) is 0. The monoisotopic (exact) mass is 366 g/mol. The Balaban J connectivity index is 0.000000419. The highest BCUT2D eigenvalue weighted by molar-refractivity contribution is 6.67. The first-order chi connectivity index (χ1) is 7.60. The van der Waals surface area contributed by atoms with Crippen LogP contribution in [-0.4, -0.2) is 27.3 Å². The molecule has 0 atom stereocenters. The van der Waals surface area contributed by atoms with Gasteiger partial charge in [-0.2, -0.15) is 0 Å². The lowest BCUT2D eigenvalue weighted by Crippen LogP contribution is -2.22. The molecule has 1 fully saturated rings. The summed E-state index contributed by atoms with van der Waals surface area (Å²) in [5.74, 6) is 0. The fraction of sp³-hybridized carbons (Fsp3) is 0.857. The van der Waals surface area contributed by atoms with Gasteiger partial charge in [-0.15, -0.1) is 0 Å². The lowest BCUT2D eigenvalue weighted by atomic mass is 10.4. The molecule has 1 saturated heterocycles. The van der Waals surface area contributed by atoms with E-state index in [0.29, 0.717) is 0 Å². The van der Waals surface area contributed by atoms with Gasteiger partial charge in [-0.1, -0.05) is 0 Å². The number of halogens is 6. The van der Waals surface area contributed by atoms with Crippen molar-refractivity contribution in [1.29, 1.82) is 0 Å². The van der Waals surface area contributed by atoms with Gasteiger partial charge in [0.25, 0.3) is 0 Å². The van der Waals surface area contributed by atoms with E-state index in [-0.39, 0.29) is 0 Å². The molecule has 0 radical (unpaired) electrons. The molecule has 1 rings (SSSR count). The number of hydrogen-bond donors (Lipinski definition) is 0. The molecule has 1 heterocycles. The highest BCUT2D eigenvalue weighted by Crippen LogP contribution is 2.32. The van der Waals surface area contributed by atoms with Crippen molar-refractivity contribution in [1.82, 2.24) is 0 Å². The van der Waals surface area contributed by atoms with Gasteiger partial charge in [0.05, 0.1) is 0 Å². The topological polar surface area (TPSA) is 44.8 Å². The van der Waals surface area contributed by atoms with Crippen molar-refractivity contribution in [3.63, 3.8) is 0 Å². The van der Waals surface area contributed by atoms with Gasteiger partial charge in [0.1, 0.15) is 0 Å². The molecule has 102 valence electrons. The fourth-order valence-electron chi connectivity index (χ4n) is 0.720. The Morgan fingerprint density at radius 3 is 1.41 bits per heavy atom. The summed E-state index contributed by atoms with van der Waals surface area (Å²) < 4.78 is 8.45. The summed E-state index contributed by atoms with van der Waals surface area (Å²) in [6, 6.07) is 0. The first-order valence-electron chi connectivity index (χ1n) is 4.23. The second-order valence-corrected chi connectivity index (χ2v) is 7.02. The minimum Gasteiger partial charge on any atom is -0.382 e. The smallest absolute Gasteiger partial charge is 0.382 e. The van der Waals surface area contributed by atoms with Crippen LogP contribution < -0.4 is 0 Å². The van der Waals surface area contributed by atoms with Crippen molar-refractivity contribution in [2.45, 2.75) is 20.8 Å². The molecular weight excluding hydrogens is 361 g/mol. The van der Waals surface area contributed by atoms with Crippen LogP contribution in [0.25, 0.3) is 0 Å². The Bertz CT molecular complexity index is 206. The predicted octanol–water partition coefficient (Wildman–Crippen LogP) is 4.59. The van der Waals surface area contributed by atoms with Gasteiger partial charge in [0.2, 0.25) is 0 Å². The van der Waals surface area contributed by atoms with E-state index >= 15 is 0 Å². The molecular formula is C7H8Cl6O4. The number of carbonyl (C=O) groups is 1. The standard InChI is InChI=1S/C4H8O.C3Cl6O3/c1-2-4-5-3-1;4-2(5,6)11-1(10)12-3(7,8)9/h1-4H2;. The molecule has 17 heavy (non-hydrogen) atoms. The molecule has 0 bridgehead atoms. The number of rotatable bonds is 0. The molecule has 0 saturated carbocycles. The third kappa shape index (κ3) is 14.9. The summed E-state index contributed by atoms with van der Waals surface area (Å²) in [6.45, 7) is 2.00. The fourth-order valence-corrected chi connectivity index (χ4v) is 1.10. The van der Waals surface area contributed by atoms with E-state index in [0.717, 1.165) is 13.2 Å². The van der Waals surface area contributed by atoms with E-state index in [1.165, 1.54) is 12.8 Å². The number of ether oxygens (including phenoxy) is 3. The quantitative estimate of drug-likeness (QED) is 0.463. The zero-order valence-electron chi connectivity index (χ0n) is 8.23. The van der Waals surface area contributed by atoms with Gasteiger partial charge in [0.15, 0.2) is 0 Å². The second kappa shape index (κ2) is 8.20. The van der Waals surface area contributed by atoms with E-state index in [1.54, 1.807) is 0 Å². The van der Waals surface area contributed by atoms with Crippen LogP contribution in [0.4, 0.5) is 4.79 Å². The Morgan fingerprint density at radius 1 is 0.882 bits per heavy atom. The van der Waals surface area contributed by atoms with Crippen LogP contribution in [0.3, 0.4) is 0 Å². The van der Waals surface area contributed by atoms with Crippen LogP contribution in [0.2, 0.25) is 0 Å². The molecule has 1 aliphatic rings. The van der Waals surface area contributed by atoms with E-state index in [9.17, 15) is 4.79 Å². The lowest BCUT2D eigenvalue weighted by Gasteiger charge is -2.15. The lowest BCUT2D eigenvalue weighted by molar-refractivity contribution is 0.0508. The molecule has 10 heteroatoms. The van der Waals surface area contributed by atoms with Crippen molar-refractivity contribution < 1.29 is 19.0 Å². The third-order valence-corrected chi connectivity index (χ3v) is 1.69. The SMILES string of the molecule is C1CCOC1.O=C(OC(Cl)(Cl)Cl)OC(Cl)(Cl)Cl. The highest BCUT2D eigenvalue weighted by Gasteiger charge is 2.32. The molecule has 1 aliphatic heterocycles. The average molecular weight is 369 g/mol. The Labute approximate surface area is 128 Å². The number of carbonyl (C=O) groups excluding carboxylic acids is 1. The first-order valence-corrected chi connectivity index (χ1v) is 6.50. The predicted molar refractivity (Wildman–Crippen MR) is 68.2 cm³/mol. The van der Waals surface area contributed by atoms with Crippen molar-refractivity contribution in [3.8, 4) is 0 Å². The average Bonchev–Trinajstić information content (AvgIpc) is 2.50. The maximum absolute atomic E-state index is 10.5. The van der Waals surface area contributed by atoms with Gasteiger partial charge in [-0.05, 0) is 82.4 Å². The molecule has 0 aromatic heterocycles. The normalized spacial score (nSPS) is 15.9. The van der Waals surface area contributed by atoms with Crippen molar-refractivity contribution in [2.75, 3.05) is 13.2 Å². The van der Waals surface area contributed by atoms with Crippen LogP contribution in [0.5, 0.6) is 0 Å². The van der Waals surface area contributed by atoms with Crippen LogP contribution >= 0.6 is 69.6 Å². The Morgan fingerprint density at radius 2 is 1.24 bits per heavy atom. The Kier molecular flexibility index (Phi) is 8.67. The van der Waals surface area contributed by atoms with Crippen LogP contribution in [0.1, 0.15) is 12.8 Å². The summed E-state index contributed by atoms with van der Waals surface area (Å²) in [5.41, 5.74) is 0. The molecule has 0 amide bonds. The van der Waals surface area contributed by atoms with E-state index in [1.807, 2.05) is 0 Å². The summed E-state index contributed by atoms with van der Waals surface area (Å²) in [6.07, 6.45) is 1.15. The summed E-state index contributed by atoms with van der Waals surface area (Å²) >= 11 is 30.2. The molecule has 4 nitrogen and oxygen atoms in total. The zero-order chi connectivity index (χ0) is 13.5. The molecule has 0 aliphatic carbocycles. The summed E-state index contributed by atoms with van der Waals surface area (Å²) in [7, 11) is 0. The maximum atomic E-state index is 10.5. The molecule has 0 unspecified atom stereocenters. The van der Waals surface area contributed by atoms with Crippen LogP contribution in [-0.2, 0) is 14.2 Å². The second-order valence-electron chi connectivity index (χ2n) is 2.67. The van der Waals surface area contributed by atoms with Gasteiger partial charge in [-0.25, -0.2) is 4.79 Å². The van der Waals surface area contributed by atoms with Crippen molar-refractivity contribution in [3.05, 3.63) is 0 Å². The van der Waals surface area contributed by atoms with Crippen molar-refractivity contribution >= 4 is 75.8 Å². The molecule has 0 aromatic carbocycles. The number of hydrogen-bond acceptors (Lipinski definition) is 4. The minimum absolute atomic E-state index is 1.00.